The summed E-state index contributed by atoms with van der Waals surface area (Å²) in [6.45, 7) is 2.39. The van der Waals surface area contributed by atoms with Crippen molar-refractivity contribution >= 4 is 9.24 Å². The molecule has 0 N–H and O–H groups in total. The van der Waals surface area contributed by atoms with Crippen molar-refractivity contribution in [2.24, 2.45) is 11.8 Å². The van der Waals surface area contributed by atoms with E-state index < -0.39 is 0 Å². The van der Waals surface area contributed by atoms with E-state index in [1.54, 1.807) is 0 Å². The van der Waals surface area contributed by atoms with E-state index in [1.807, 2.05) is 0 Å². The average molecular weight is 158 g/mol. The van der Waals surface area contributed by atoms with Crippen molar-refractivity contribution < 1.29 is 0 Å². The molecule has 1 unspecified atom stereocenters. The molecule has 0 bridgehead atoms. The fraction of sp³-hybridized carbons (Fsp3) is 1.00. The van der Waals surface area contributed by atoms with Gasteiger partial charge in [0.1, 0.15) is 0 Å². The fourth-order valence-electron chi connectivity index (χ4n) is 1.85. The lowest BCUT2D eigenvalue weighted by Gasteiger charge is -2.25. The van der Waals surface area contributed by atoms with Crippen LogP contribution in [0.25, 0.3) is 0 Å². The van der Waals surface area contributed by atoms with Crippen molar-refractivity contribution in [3.63, 3.8) is 0 Å². The lowest BCUT2D eigenvalue weighted by molar-refractivity contribution is 0.285. The highest BCUT2D eigenvalue weighted by Gasteiger charge is 2.16. The normalized spacial score (nSPS) is 34.2. The predicted molar refractivity (Wildman–Crippen MR) is 50.3 cm³/mol. The van der Waals surface area contributed by atoms with Gasteiger partial charge in [-0.3, -0.25) is 0 Å². The molecule has 1 fully saturated rings. The summed E-state index contributed by atoms with van der Waals surface area (Å²) >= 11 is 0. The van der Waals surface area contributed by atoms with Crippen molar-refractivity contribution in [2.45, 2.75) is 39.0 Å². The Balaban J connectivity index is 2.13. The van der Waals surface area contributed by atoms with Gasteiger partial charge in [0.25, 0.3) is 0 Å². The third-order valence-corrected chi connectivity index (χ3v) is 3.04. The highest BCUT2D eigenvalue weighted by Crippen LogP contribution is 2.30. The molecule has 10 heavy (non-hydrogen) atoms. The van der Waals surface area contributed by atoms with Crippen molar-refractivity contribution in [2.75, 3.05) is 6.16 Å². The molecular weight excluding hydrogens is 139 g/mol. The summed E-state index contributed by atoms with van der Waals surface area (Å²) in [6, 6.07) is 0. The van der Waals surface area contributed by atoms with Gasteiger partial charge in [0.2, 0.25) is 0 Å². The number of hydrogen-bond donors (Lipinski definition) is 0. The van der Waals surface area contributed by atoms with Gasteiger partial charge in [-0.15, -0.1) is 9.24 Å². The Labute approximate surface area is 67.0 Å². The van der Waals surface area contributed by atoms with E-state index in [1.165, 1.54) is 38.3 Å². The molecule has 1 aliphatic rings. The first-order valence-corrected chi connectivity index (χ1v) is 5.34. The minimum Gasteiger partial charge on any atom is -0.138 e. The maximum atomic E-state index is 2.84. The van der Waals surface area contributed by atoms with Crippen LogP contribution >= 0.6 is 9.24 Å². The van der Waals surface area contributed by atoms with Crippen LogP contribution in [-0.2, 0) is 0 Å². The first-order valence-electron chi connectivity index (χ1n) is 4.53. The molecule has 1 rings (SSSR count). The summed E-state index contributed by atoms with van der Waals surface area (Å²) in [4.78, 5) is 0. The standard InChI is InChI=1S/C9H19P/c1-8-2-4-9(5-3-8)6-7-10/h8-9H,2-7,10H2,1H3. The fourth-order valence-corrected chi connectivity index (χ4v) is 2.32. The van der Waals surface area contributed by atoms with Gasteiger partial charge >= 0.3 is 0 Å². The molecule has 1 aliphatic carbocycles. The smallest absolute Gasteiger partial charge is 0.0378 e. The molecular formula is C9H19P. The van der Waals surface area contributed by atoms with Crippen LogP contribution < -0.4 is 0 Å². The minimum atomic E-state index is 1.01. The van der Waals surface area contributed by atoms with Gasteiger partial charge in [-0.25, -0.2) is 0 Å². The summed E-state index contributed by atoms with van der Waals surface area (Å²) in [7, 11) is 2.84. The zero-order chi connectivity index (χ0) is 7.40. The Morgan fingerprint density at radius 2 is 1.80 bits per heavy atom. The van der Waals surface area contributed by atoms with Crippen LogP contribution in [0.1, 0.15) is 39.0 Å². The van der Waals surface area contributed by atoms with Crippen LogP contribution in [0.15, 0.2) is 0 Å². The molecule has 0 nitrogen and oxygen atoms in total. The lowest BCUT2D eigenvalue weighted by Crippen LogP contribution is -2.12. The summed E-state index contributed by atoms with van der Waals surface area (Å²) in [5.74, 6) is 2.08. The Morgan fingerprint density at radius 3 is 2.30 bits per heavy atom. The van der Waals surface area contributed by atoms with E-state index in [9.17, 15) is 0 Å². The maximum absolute atomic E-state index is 2.84. The largest absolute Gasteiger partial charge is 0.138 e. The molecule has 1 saturated carbocycles. The van der Waals surface area contributed by atoms with Gasteiger partial charge in [0.15, 0.2) is 0 Å². The van der Waals surface area contributed by atoms with E-state index in [-0.39, 0.29) is 0 Å². The zero-order valence-corrected chi connectivity index (χ0v) is 8.13. The number of hydrogen-bond acceptors (Lipinski definition) is 0. The molecule has 0 aromatic heterocycles. The topological polar surface area (TPSA) is 0 Å². The first-order chi connectivity index (χ1) is 4.83. The zero-order valence-electron chi connectivity index (χ0n) is 6.97. The summed E-state index contributed by atoms with van der Waals surface area (Å²) in [5.41, 5.74) is 0. The molecule has 0 saturated heterocycles. The third-order valence-electron chi connectivity index (χ3n) is 2.71. The SMILES string of the molecule is CC1CCC(CCP)CC1. The average Bonchev–Trinajstić information content (AvgIpc) is 1.95. The van der Waals surface area contributed by atoms with Crippen molar-refractivity contribution in [3.8, 4) is 0 Å². The summed E-state index contributed by atoms with van der Waals surface area (Å²) in [5, 5.41) is 0. The number of rotatable bonds is 2. The first kappa shape index (κ1) is 8.53. The van der Waals surface area contributed by atoms with Gasteiger partial charge in [-0.05, 0) is 24.4 Å². The quantitative estimate of drug-likeness (QED) is 0.542. The molecule has 0 spiro atoms. The van der Waals surface area contributed by atoms with Gasteiger partial charge in [0, 0.05) is 0 Å². The Morgan fingerprint density at radius 1 is 1.20 bits per heavy atom. The van der Waals surface area contributed by atoms with Crippen LogP contribution in [0.4, 0.5) is 0 Å². The van der Waals surface area contributed by atoms with Crippen molar-refractivity contribution in [1.82, 2.24) is 0 Å². The third kappa shape index (κ3) is 2.58. The Kier molecular flexibility index (Phi) is 3.70. The monoisotopic (exact) mass is 158 g/mol. The van der Waals surface area contributed by atoms with Crippen LogP contribution in [0.5, 0.6) is 0 Å². The lowest BCUT2D eigenvalue weighted by atomic mass is 9.82. The summed E-state index contributed by atoms with van der Waals surface area (Å²) < 4.78 is 0. The van der Waals surface area contributed by atoms with Crippen LogP contribution in [0, 0.1) is 11.8 Å². The van der Waals surface area contributed by atoms with Crippen LogP contribution in [0.2, 0.25) is 0 Å². The van der Waals surface area contributed by atoms with Gasteiger partial charge in [0.05, 0.1) is 0 Å². The van der Waals surface area contributed by atoms with Gasteiger partial charge < -0.3 is 0 Å². The van der Waals surface area contributed by atoms with Crippen molar-refractivity contribution in [1.29, 1.82) is 0 Å². The second kappa shape index (κ2) is 4.34. The van der Waals surface area contributed by atoms with E-state index in [0.29, 0.717) is 0 Å². The van der Waals surface area contributed by atoms with Gasteiger partial charge in [-0.1, -0.05) is 32.6 Å². The Hall–Kier alpha value is 0.430. The molecule has 0 radical (unpaired) electrons. The molecule has 0 aliphatic heterocycles. The molecule has 0 amide bonds. The van der Waals surface area contributed by atoms with E-state index >= 15 is 0 Å². The molecule has 0 heterocycles. The van der Waals surface area contributed by atoms with E-state index in [0.717, 1.165) is 11.8 Å². The summed E-state index contributed by atoms with van der Waals surface area (Å²) in [6.07, 6.45) is 8.70. The van der Waals surface area contributed by atoms with Crippen LogP contribution in [-0.4, -0.2) is 6.16 Å². The Bertz CT molecular complexity index is 82.7. The second-order valence-corrected chi connectivity index (χ2v) is 4.28. The highest BCUT2D eigenvalue weighted by molar-refractivity contribution is 7.16. The minimum absolute atomic E-state index is 1.01. The maximum Gasteiger partial charge on any atom is -0.0378 e. The highest BCUT2D eigenvalue weighted by atomic mass is 31.0. The molecule has 1 heteroatoms. The van der Waals surface area contributed by atoms with E-state index in [2.05, 4.69) is 16.2 Å². The van der Waals surface area contributed by atoms with Gasteiger partial charge in [-0.2, -0.15) is 0 Å². The molecule has 1 atom stereocenters. The van der Waals surface area contributed by atoms with Crippen molar-refractivity contribution in [3.05, 3.63) is 0 Å². The second-order valence-electron chi connectivity index (χ2n) is 3.70. The molecule has 0 aromatic rings. The predicted octanol–water partition coefficient (Wildman–Crippen LogP) is 3.08. The molecule has 60 valence electrons. The van der Waals surface area contributed by atoms with Crippen LogP contribution in [0.3, 0.4) is 0 Å². The molecule has 0 aromatic carbocycles. The van der Waals surface area contributed by atoms with E-state index in [4.69, 9.17) is 0 Å².